The summed E-state index contributed by atoms with van der Waals surface area (Å²) >= 11 is 0. The van der Waals surface area contributed by atoms with E-state index in [1.807, 2.05) is 13.8 Å². The van der Waals surface area contributed by atoms with Crippen LogP contribution in [0.15, 0.2) is 0 Å². The number of hydrogen-bond acceptors (Lipinski definition) is 3. The molecule has 1 aliphatic rings. The lowest BCUT2D eigenvalue weighted by Gasteiger charge is -2.26. The zero-order valence-electron chi connectivity index (χ0n) is 12.4. The number of nitrogens with one attached hydrogen (secondary N) is 1. The molecule has 0 unspecified atom stereocenters. The molecule has 5 nitrogen and oxygen atoms in total. The molecule has 0 aromatic carbocycles. The van der Waals surface area contributed by atoms with Crippen molar-refractivity contribution in [3.63, 3.8) is 0 Å². The van der Waals surface area contributed by atoms with Gasteiger partial charge in [-0.05, 0) is 18.8 Å². The van der Waals surface area contributed by atoms with Crippen LogP contribution < -0.4 is 11.1 Å². The van der Waals surface area contributed by atoms with Crippen molar-refractivity contribution in [2.24, 2.45) is 11.7 Å². The highest BCUT2D eigenvalue weighted by atomic mass is 16.2. The number of carbonyl (C=O) groups is 2. The van der Waals surface area contributed by atoms with Gasteiger partial charge in [-0.2, -0.15) is 0 Å². The summed E-state index contributed by atoms with van der Waals surface area (Å²) in [4.78, 5) is 25.2. The highest BCUT2D eigenvalue weighted by molar-refractivity contribution is 5.85. The van der Waals surface area contributed by atoms with Crippen LogP contribution in [0.25, 0.3) is 0 Å². The van der Waals surface area contributed by atoms with Gasteiger partial charge in [-0.15, -0.1) is 0 Å². The van der Waals surface area contributed by atoms with E-state index in [0.29, 0.717) is 18.9 Å². The van der Waals surface area contributed by atoms with E-state index >= 15 is 0 Å². The van der Waals surface area contributed by atoms with Crippen molar-refractivity contribution in [2.45, 2.75) is 51.5 Å². The average molecular weight is 269 g/mol. The standard InChI is InChI=1S/C14H27N3O2/c1-11(2)9-16-12(18)10-17(3)13(19)8-14(15)6-4-5-7-14/h11H,4-10,15H2,1-3H3,(H,16,18). The second kappa shape index (κ2) is 6.89. The van der Waals surface area contributed by atoms with E-state index in [2.05, 4.69) is 5.32 Å². The van der Waals surface area contributed by atoms with Crippen molar-refractivity contribution in [1.82, 2.24) is 10.2 Å². The topological polar surface area (TPSA) is 75.4 Å². The molecule has 2 amide bonds. The van der Waals surface area contributed by atoms with Crippen LogP contribution in [0.5, 0.6) is 0 Å². The van der Waals surface area contributed by atoms with Gasteiger partial charge in [-0.25, -0.2) is 0 Å². The third-order valence-electron chi connectivity index (χ3n) is 3.62. The summed E-state index contributed by atoms with van der Waals surface area (Å²) in [5.74, 6) is 0.266. The molecule has 0 heterocycles. The molecule has 1 fully saturated rings. The Morgan fingerprint density at radius 3 is 2.42 bits per heavy atom. The summed E-state index contributed by atoms with van der Waals surface area (Å²) in [5, 5.41) is 2.81. The van der Waals surface area contributed by atoms with Gasteiger partial charge >= 0.3 is 0 Å². The minimum Gasteiger partial charge on any atom is -0.354 e. The maximum absolute atomic E-state index is 12.0. The van der Waals surface area contributed by atoms with Crippen LogP contribution in [0.4, 0.5) is 0 Å². The molecule has 19 heavy (non-hydrogen) atoms. The van der Waals surface area contributed by atoms with Crippen molar-refractivity contribution in [3.8, 4) is 0 Å². The Bertz CT molecular complexity index is 323. The van der Waals surface area contributed by atoms with Crippen molar-refractivity contribution in [3.05, 3.63) is 0 Å². The van der Waals surface area contributed by atoms with Crippen LogP contribution >= 0.6 is 0 Å². The number of likely N-dealkylation sites (N-methyl/N-ethyl adjacent to an activating group) is 1. The molecule has 0 spiro atoms. The van der Waals surface area contributed by atoms with Crippen LogP contribution in [0.3, 0.4) is 0 Å². The monoisotopic (exact) mass is 269 g/mol. The molecular formula is C14H27N3O2. The first kappa shape index (κ1) is 16.0. The Labute approximate surface area is 115 Å². The number of rotatable bonds is 6. The van der Waals surface area contributed by atoms with Gasteiger partial charge in [0.15, 0.2) is 0 Å². The van der Waals surface area contributed by atoms with Gasteiger partial charge in [0.05, 0.1) is 6.54 Å². The van der Waals surface area contributed by atoms with E-state index in [1.54, 1.807) is 7.05 Å². The predicted molar refractivity (Wildman–Crippen MR) is 75.5 cm³/mol. The SMILES string of the molecule is CC(C)CNC(=O)CN(C)C(=O)CC1(N)CCCC1. The van der Waals surface area contributed by atoms with Gasteiger partial charge in [0.1, 0.15) is 0 Å². The number of nitrogens with zero attached hydrogens (tertiary/aromatic N) is 1. The van der Waals surface area contributed by atoms with E-state index in [4.69, 9.17) is 5.73 Å². The molecule has 110 valence electrons. The van der Waals surface area contributed by atoms with E-state index < -0.39 is 0 Å². The Hall–Kier alpha value is -1.10. The normalized spacial score (nSPS) is 17.5. The van der Waals surface area contributed by atoms with Crippen molar-refractivity contribution in [1.29, 1.82) is 0 Å². The van der Waals surface area contributed by atoms with Gasteiger partial charge in [-0.1, -0.05) is 26.7 Å². The minimum atomic E-state index is -0.347. The molecule has 1 aliphatic carbocycles. The molecule has 1 rings (SSSR count). The molecular weight excluding hydrogens is 242 g/mol. The van der Waals surface area contributed by atoms with Gasteiger partial charge in [0, 0.05) is 25.6 Å². The zero-order valence-corrected chi connectivity index (χ0v) is 12.4. The van der Waals surface area contributed by atoms with Gasteiger partial charge in [0.2, 0.25) is 11.8 Å². The van der Waals surface area contributed by atoms with Gasteiger partial charge in [-0.3, -0.25) is 9.59 Å². The largest absolute Gasteiger partial charge is 0.354 e. The Morgan fingerprint density at radius 2 is 1.89 bits per heavy atom. The van der Waals surface area contributed by atoms with Crippen molar-refractivity contribution >= 4 is 11.8 Å². The second-order valence-corrected chi connectivity index (χ2v) is 6.19. The summed E-state index contributed by atoms with van der Waals surface area (Å²) in [5.41, 5.74) is 5.83. The predicted octanol–water partition coefficient (Wildman–Crippen LogP) is 0.879. The third-order valence-corrected chi connectivity index (χ3v) is 3.62. The van der Waals surface area contributed by atoms with Crippen LogP contribution in [0.1, 0.15) is 46.0 Å². The summed E-state index contributed by atoms with van der Waals surface area (Å²) in [6, 6.07) is 0. The zero-order chi connectivity index (χ0) is 14.5. The van der Waals surface area contributed by atoms with E-state index in [9.17, 15) is 9.59 Å². The van der Waals surface area contributed by atoms with Crippen LogP contribution in [0, 0.1) is 5.92 Å². The molecule has 3 N–H and O–H groups in total. The molecule has 5 heteroatoms. The second-order valence-electron chi connectivity index (χ2n) is 6.19. The lowest BCUT2D eigenvalue weighted by molar-refractivity contribution is -0.135. The molecule has 0 radical (unpaired) electrons. The summed E-state index contributed by atoms with van der Waals surface area (Å²) in [6.45, 7) is 4.82. The summed E-state index contributed by atoms with van der Waals surface area (Å²) < 4.78 is 0. The molecule has 0 aromatic heterocycles. The number of nitrogens with two attached hydrogens (primary N) is 1. The molecule has 0 aromatic rings. The Kier molecular flexibility index (Phi) is 5.79. The first-order valence-electron chi connectivity index (χ1n) is 7.12. The van der Waals surface area contributed by atoms with E-state index in [0.717, 1.165) is 25.7 Å². The van der Waals surface area contributed by atoms with Crippen molar-refractivity contribution in [2.75, 3.05) is 20.1 Å². The smallest absolute Gasteiger partial charge is 0.239 e. The fraction of sp³-hybridized carbons (Fsp3) is 0.857. The number of amides is 2. The van der Waals surface area contributed by atoms with Crippen LogP contribution in [-0.2, 0) is 9.59 Å². The summed E-state index contributed by atoms with van der Waals surface area (Å²) in [6.07, 6.45) is 4.37. The minimum absolute atomic E-state index is 0.0379. The number of carbonyl (C=O) groups excluding carboxylic acids is 2. The maximum Gasteiger partial charge on any atom is 0.239 e. The lowest BCUT2D eigenvalue weighted by atomic mass is 9.94. The van der Waals surface area contributed by atoms with Crippen LogP contribution in [0.2, 0.25) is 0 Å². The van der Waals surface area contributed by atoms with Crippen LogP contribution in [-0.4, -0.2) is 42.4 Å². The fourth-order valence-corrected chi connectivity index (χ4v) is 2.37. The lowest BCUT2D eigenvalue weighted by Crippen LogP contribution is -2.45. The molecule has 0 saturated heterocycles. The molecule has 0 atom stereocenters. The summed E-state index contributed by atoms with van der Waals surface area (Å²) in [7, 11) is 1.66. The Balaban J connectivity index is 2.33. The van der Waals surface area contributed by atoms with E-state index in [-0.39, 0.29) is 23.9 Å². The third kappa shape index (κ3) is 5.59. The van der Waals surface area contributed by atoms with Crippen molar-refractivity contribution < 1.29 is 9.59 Å². The fourth-order valence-electron chi connectivity index (χ4n) is 2.37. The first-order chi connectivity index (χ1) is 8.82. The molecule has 1 saturated carbocycles. The molecule has 0 aliphatic heterocycles. The first-order valence-corrected chi connectivity index (χ1v) is 7.12. The average Bonchev–Trinajstić information content (AvgIpc) is 2.73. The Morgan fingerprint density at radius 1 is 1.32 bits per heavy atom. The molecule has 0 bridgehead atoms. The van der Waals surface area contributed by atoms with Gasteiger partial charge in [0.25, 0.3) is 0 Å². The maximum atomic E-state index is 12.0. The highest BCUT2D eigenvalue weighted by Gasteiger charge is 2.32. The van der Waals surface area contributed by atoms with Gasteiger partial charge < -0.3 is 16.0 Å². The quantitative estimate of drug-likeness (QED) is 0.751. The number of hydrogen-bond donors (Lipinski definition) is 2. The van der Waals surface area contributed by atoms with E-state index in [1.165, 1.54) is 4.90 Å². The highest BCUT2D eigenvalue weighted by Crippen LogP contribution is 2.30.